The van der Waals surface area contributed by atoms with Crippen LogP contribution < -0.4 is 5.32 Å². The zero-order chi connectivity index (χ0) is 8.55. The van der Waals surface area contributed by atoms with Crippen molar-refractivity contribution in [3.63, 3.8) is 0 Å². The number of hydrogen-bond acceptors (Lipinski definition) is 3. The SMILES string of the molecule is CCC1CCc2sc(NC)nc21. The van der Waals surface area contributed by atoms with Crippen molar-refractivity contribution < 1.29 is 0 Å². The van der Waals surface area contributed by atoms with E-state index in [1.807, 2.05) is 18.4 Å². The Balaban J connectivity index is 2.31. The molecular weight excluding hydrogens is 168 g/mol. The van der Waals surface area contributed by atoms with E-state index in [1.165, 1.54) is 29.8 Å². The molecule has 0 aliphatic heterocycles. The molecule has 12 heavy (non-hydrogen) atoms. The van der Waals surface area contributed by atoms with Crippen LogP contribution in [-0.2, 0) is 6.42 Å². The lowest BCUT2D eigenvalue weighted by molar-refractivity contribution is 0.643. The molecule has 66 valence electrons. The van der Waals surface area contributed by atoms with Crippen molar-refractivity contribution in [3.8, 4) is 0 Å². The molecule has 1 aromatic rings. The Hall–Kier alpha value is -0.570. The average molecular weight is 182 g/mol. The van der Waals surface area contributed by atoms with Gasteiger partial charge < -0.3 is 5.32 Å². The first-order chi connectivity index (χ1) is 5.85. The summed E-state index contributed by atoms with van der Waals surface area (Å²) < 4.78 is 0. The maximum atomic E-state index is 4.57. The number of rotatable bonds is 2. The summed E-state index contributed by atoms with van der Waals surface area (Å²) in [7, 11) is 1.94. The van der Waals surface area contributed by atoms with Gasteiger partial charge in [-0.1, -0.05) is 6.92 Å². The van der Waals surface area contributed by atoms with Crippen LogP contribution in [0.3, 0.4) is 0 Å². The maximum Gasteiger partial charge on any atom is 0.182 e. The predicted octanol–water partition coefficient (Wildman–Crippen LogP) is 2.62. The Morgan fingerprint density at radius 2 is 2.50 bits per heavy atom. The summed E-state index contributed by atoms with van der Waals surface area (Å²) in [6.07, 6.45) is 3.79. The largest absolute Gasteiger partial charge is 0.365 e. The third kappa shape index (κ3) is 1.12. The van der Waals surface area contributed by atoms with E-state index < -0.39 is 0 Å². The Kier molecular flexibility index (Phi) is 2.05. The highest BCUT2D eigenvalue weighted by Crippen LogP contribution is 2.39. The first-order valence-electron chi connectivity index (χ1n) is 4.52. The van der Waals surface area contributed by atoms with Crippen molar-refractivity contribution in [2.24, 2.45) is 0 Å². The first kappa shape index (κ1) is 8.05. The number of nitrogens with one attached hydrogen (secondary N) is 1. The molecule has 0 fully saturated rings. The minimum Gasteiger partial charge on any atom is -0.365 e. The summed E-state index contributed by atoms with van der Waals surface area (Å²) in [6, 6.07) is 0. The average Bonchev–Trinajstić information content (AvgIpc) is 2.61. The fourth-order valence-corrected chi connectivity index (χ4v) is 2.82. The van der Waals surface area contributed by atoms with Crippen LogP contribution in [0.5, 0.6) is 0 Å². The Morgan fingerprint density at radius 3 is 3.17 bits per heavy atom. The second kappa shape index (κ2) is 3.05. The molecular formula is C9H14N2S. The van der Waals surface area contributed by atoms with Crippen LogP contribution in [0.2, 0.25) is 0 Å². The summed E-state index contributed by atoms with van der Waals surface area (Å²) in [6.45, 7) is 2.25. The lowest BCUT2D eigenvalue weighted by Crippen LogP contribution is -1.93. The van der Waals surface area contributed by atoms with Crippen molar-refractivity contribution in [2.45, 2.75) is 32.1 Å². The lowest BCUT2D eigenvalue weighted by Gasteiger charge is -2.02. The number of hydrogen-bond donors (Lipinski definition) is 1. The molecule has 1 atom stereocenters. The van der Waals surface area contributed by atoms with Gasteiger partial charge in [-0.3, -0.25) is 0 Å². The second-order valence-corrected chi connectivity index (χ2v) is 4.30. The molecule has 2 nitrogen and oxygen atoms in total. The van der Waals surface area contributed by atoms with Crippen LogP contribution in [0, 0.1) is 0 Å². The van der Waals surface area contributed by atoms with Crippen molar-refractivity contribution in [1.82, 2.24) is 4.98 Å². The maximum absolute atomic E-state index is 4.57. The number of aryl methyl sites for hydroxylation is 1. The summed E-state index contributed by atoms with van der Waals surface area (Å²) in [5.41, 5.74) is 1.37. The quantitative estimate of drug-likeness (QED) is 0.760. The molecule has 3 heteroatoms. The molecule has 0 bridgehead atoms. The van der Waals surface area contributed by atoms with Gasteiger partial charge in [-0.05, 0) is 19.3 Å². The van der Waals surface area contributed by atoms with Crippen molar-refractivity contribution in [1.29, 1.82) is 0 Å². The number of anilines is 1. The molecule has 2 rings (SSSR count). The summed E-state index contributed by atoms with van der Waals surface area (Å²) in [5, 5.41) is 4.19. The van der Waals surface area contributed by atoms with E-state index in [0.29, 0.717) is 0 Å². The van der Waals surface area contributed by atoms with E-state index in [4.69, 9.17) is 0 Å². The third-order valence-electron chi connectivity index (χ3n) is 2.54. The number of thiazole rings is 1. The van der Waals surface area contributed by atoms with Gasteiger partial charge in [0, 0.05) is 17.8 Å². The minimum atomic E-state index is 0.735. The Bertz CT molecular complexity index is 280. The van der Waals surface area contributed by atoms with Crippen LogP contribution in [0.25, 0.3) is 0 Å². The molecule has 0 saturated carbocycles. The number of aromatic nitrogens is 1. The minimum absolute atomic E-state index is 0.735. The molecule has 1 aliphatic carbocycles. The Labute approximate surface area is 77.0 Å². The van der Waals surface area contributed by atoms with Gasteiger partial charge in [-0.15, -0.1) is 11.3 Å². The van der Waals surface area contributed by atoms with Gasteiger partial charge in [-0.2, -0.15) is 0 Å². The molecule has 0 aromatic carbocycles. The predicted molar refractivity (Wildman–Crippen MR) is 53.0 cm³/mol. The topological polar surface area (TPSA) is 24.9 Å². The highest BCUT2D eigenvalue weighted by atomic mass is 32.1. The highest BCUT2D eigenvalue weighted by Gasteiger charge is 2.25. The Morgan fingerprint density at radius 1 is 1.67 bits per heavy atom. The molecule has 1 aliphatic rings. The van der Waals surface area contributed by atoms with E-state index in [-0.39, 0.29) is 0 Å². The third-order valence-corrected chi connectivity index (χ3v) is 3.69. The van der Waals surface area contributed by atoms with Gasteiger partial charge in [-0.25, -0.2) is 4.98 Å². The van der Waals surface area contributed by atoms with Gasteiger partial charge in [0.1, 0.15) is 0 Å². The zero-order valence-electron chi connectivity index (χ0n) is 7.55. The monoisotopic (exact) mass is 182 g/mol. The lowest BCUT2D eigenvalue weighted by atomic mass is 10.1. The summed E-state index contributed by atoms with van der Waals surface area (Å²) in [4.78, 5) is 6.07. The molecule has 0 spiro atoms. The van der Waals surface area contributed by atoms with Crippen LogP contribution in [-0.4, -0.2) is 12.0 Å². The smallest absolute Gasteiger partial charge is 0.182 e. The van der Waals surface area contributed by atoms with E-state index >= 15 is 0 Å². The van der Waals surface area contributed by atoms with E-state index in [9.17, 15) is 0 Å². The van der Waals surface area contributed by atoms with Crippen molar-refractivity contribution in [3.05, 3.63) is 10.6 Å². The molecule has 1 N–H and O–H groups in total. The van der Waals surface area contributed by atoms with Crippen molar-refractivity contribution in [2.75, 3.05) is 12.4 Å². The number of nitrogens with zero attached hydrogens (tertiary/aromatic N) is 1. The second-order valence-electron chi connectivity index (χ2n) is 3.22. The van der Waals surface area contributed by atoms with Gasteiger partial charge in [0.05, 0.1) is 5.69 Å². The van der Waals surface area contributed by atoms with Gasteiger partial charge in [0.15, 0.2) is 5.13 Å². The van der Waals surface area contributed by atoms with Crippen molar-refractivity contribution >= 4 is 16.5 Å². The fourth-order valence-electron chi connectivity index (χ4n) is 1.81. The van der Waals surface area contributed by atoms with Crippen LogP contribution >= 0.6 is 11.3 Å². The first-order valence-corrected chi connectivity index (χ1v) is 5.34. The summed E-state index contributed by atoms with van der Waals surface area (Å²) in [5.74, 6) is 0.735. The van der Waals surface area contributed by atoms with Crippen LogP contribution in [0.1, 0.15) is 36.3 Å². The van der Waals surface area contributed by atoms with E-state index in [0.717, 1.165) is 11.0 Å². The molecule has 0 radical (unpaired) electrons. The van der Waals surface area contributed by atoms with E-state index in [2.05, 4.69) is 17.2 Å². The van der Waals surface area contributed by atoms with Gasteiger partial charge in [0.2, 0.25) is 0 Å². The molecule has 0 amide bonds. The van der Waals surface area contributed by atoms with Gasteiger partial charge in [0.25, 0.3) is 0 Å². The molecule has 1 unspecified atom stereocenters. The molecule has 1 aromatic heterocycles. The summed E-state index contributed by atoms with van der Waals surface area (Å²) >= 11 is 1.82. The van der Waals surface area contributed by atoms with Crippen LogP contribution in [0.15, 0.2) is 0 Å². The molecule has 1 heterocycles. The standard InChI is InChI=1S/C9H14N2S/c1-3-6-4-5-7-8(6)11-9(10-2)12-7/h6H,3-5H2,1-2H3,(H,10,11). The van der Waals surface area contributed by atoms with Crippen LogP contribution in [0.4, 0.5) is 5.13 Å². The molecule has 0 saturated heterocycles. The normalized spacial score (nSPS) is 21.0. The fraction of sp³-hybridized carbons (Fsp3) is 0.667. The van der Waals surface area contributed by atoms with Gasteiger partial charge >= 0.3 is 0 Å². The zero-order valence-corrected chi connectivity index (χ0v) is 8.37. The highest BCUT2D eigenvalue weighted by molar-refractivity contribution is 7.15. The number of fused-ring (bicyclic) bond motifs is 1. The van der Waals surface area contributed by atoms with E-state index in [1.54, 1.807) is 0 Å².